The molecule has 0 radical (unpaired) electrons. The van der Waals surface area contributed by atoms with Crippen LogP contribution in [0.2, 0.25) is 0 Å². The second-order valence-corrected chi connectivity index (χ2v) is 23.5. The van der Waals surface area contributed by atoms with Crippen molar-refractivity contribution in [3.05, 3.63) is 132 Å². The SMILES string of the molecule is C=CC(=O)OCCCC(=O)OCc1cccc(COC(=O)CCCOC(=O)C=C)n1.CC(=O)c1cccc(C(C)=O)n1.CCC(C)(C)C(=O)OCCNC(=O)Nc1nc(C)cc(C)n1.CCCCCCCCCCCCCOC(=O)C(C)(C)CC.COCc1cccc(COC)n1. The monoisotopic (exact) mass is 1360 g/mol. The first-order valence-corrected chi connectivity index (χ1v) is 33.2. The molecule has 0 fully saturated rings. The molecule has 0 aliphatic carbocycles. The number of hydrogen-bond acceptors (Lipinski definition) is 22. The predicted molar refractivity (Wildman–Crippen MR) is 370 cm³/mol. The van der Waals surface area contributed by atoms with Gasteiger partial charge in [-0.3, -0.25) is 44.1 Å². The molecule has 2 amide bonds. The minimum absolute atomic E-state index is 0.0261. The van der Waals surface area contributed by atoms with Gasteiger partial charge in [-0.05, 0) is 116 Å². The zero-order valence-electron chi connectivity index (χ0n) is 59.9. The topological polar surface area (TPSA) is 316 Å². The van der Waals surface area contributed by atoms with E-state index in [0.29, 0.717) is 61.9 Å². The minimum Gasteiger partial charge on any atom is -0.465 e. The number of Topliss-reactive ketones (excluding diaryl/α,β-unsaturated/α-hetero) is 2. The Kier molecular flexibility index (Phi) is 48.7. The van der Waals surface area contributed by atoms with E-state index in [4.69, 9.17) is 37.9 Å². The quantitative estimate of drug-likeness (QED) is 0.0137. The number of unbranched alkanes of at least 4 members (excludes halogenated alkanes) is 10. The molecule has 24 heteroatoms. The first kappa shape index (κ1) is 88.4. The Morgan fingerprint density at radius 2 is 0.835 bits per heavy atom. The molecule has 24 nitrogen and oxygen atoms in total. The van der Waals surface area contributed by atoms with Gasteiger partial charge in [0.2, 0.25) is 5.95 Å². The van der Waals surface area contributed by atoms with Crippen molar-refractivity contribution in [1.29, 1.82) is 0 Å². The third kappa shape index (κ3) is 45.4. The lowest BCUT2D eigenvalue weighted by Gasteiger charge is -2.20. The van der Waals surface area contributed by atoms with Gasteiger partial charge in [0, 0.05) is 64.4 Å². The fourth-order valence-corrected chi connectivity index (χ4v) is 7.70. The van der Waals surface area contributed by atoms with Crippen LogP contribution >= 0.6 is 0 Å². The van der Waals surface area contributed by atoms with Crippen molar-refractivity contribution in [3.8, 4) is 0 Å². The summed E-state index contributed by atoms with van der Waals surface area (Å²) in [6, 6.07) is 17.1. The van der Waals surface area contributed by atoms with E-state index in [9.17, 15) is 43.2 Å². The Labute approximate surface area is 575 Å². The number of nitrogens with zero attached hydrogens (tertiary/aromatic N) is 5. The average molecular weight is 1360 g/mol. The molecule has 2 N–H and O–H groups in total. The number of aryl methyl sites for hydroxylation is 2. The van der Waals surface area contributed by atoms with Crippen molar-refractivity contribution in [3.63, 3.8) is 0 Å². The third-order valence-electron chi connectivity index (χ3n) is 14.1. The van der Waals surface area contributed by atoms with Gasteiger partial charge in [0.1, 0.15) is 31.2 Å². The van der Waals surface area contributed by atoms with Crippen molar-refractivity contribution >= 4 is 59.4 Å². The highest BCUT2D eigenvalue weighted by atomic mass is 16.6. The molecule has 4 aromatic rings. The number of carbonyl (C=O) groups excluding carboxylic acids is 9. The summed E-state index contributed by atoms with van der Waals surface area (Å²) in [4.78, 5) is 123. The molecule has 0 saturated carbocycles. The van der Waals surface area contributed by atoms with Gasteiger partial charge in [-0.2, -0.15) is 0 Å². The van der Waals surface area contributed by atoms with Gasteiger partial charge in [0.15, 0.2) is 11.6 Å². The molecule has 0 aromatic carbocycles. The van der Waals surface area contributed by atoms with Crippen LogP contribution in [0.5, 0.6) is 0 Å². The van der Waals surface area contributed by atoms with E-state index in [0.717, 1.165) is 47.8 Å². The van der Waals surface area contributed by atoms with E-state index >= 15 is 0 Å². The Hall–Kier alpha value is -8.64. The van der Waals surface area contributed by atoms with E-state index in [1.54, 1.807) is 50.6 Å². The lowest BCUT2D eigenvalue weighted by Crippen LogP contribution is -2.34. The number of rotatable bonds is 40. The molecule has 4 rings (SSSR count). The number of ketones is 2. The second kappa shape index (κ2) is 53.5. The van der Waals surface area contributed by atoms with E-state index < -0.39 is 35.3 Å². The minimum atomic E-state index is -0.541. The van der Waals surface area contributed by atoms with Crippen LogP contribution in [0.15, 0.2) is 86.0 Å². The number of carbonyl (C=O) groups is 9. The van der Waals surface area contributed by atoms with Gasteiger partial charge in [-0.25, -0.2) is 29.3 Å². The van der Waals surface area contributed by atoms with E-state index in [2.05, 4.69) is 55.6 Å². The maximum Gasteiger partial charge on any atom is 0.330 e. The summed E-state index contributed by atoms with van der Waals surface area (Å²) in [5, 5.41) is 5.13. The zero-order valence-corrected chi connectivity index (χ0v) is 59.9. The number of ether oxygens (including phenoxy) is 8. The Morgan fingerprint density at radius 3 is 1.22 bits per heavy atom. The molecule has 0 aliphatic heterocycles. The van der Waals surface area contributed by atoms with Gasteiger partial charge in [0.05, 0.1) is 73.2 Å². The summed E-state index contributed by atoms with van der Waals surface area (Å²) in [5.41, 5.74) is 4.28. The van der Waals surface area contributed by atoms with Gasteiger partial charge in [-0.1, -0.05) is 116 Å². The molecular weight excluding hydrogens is 1250 g/mol. The number of aromatic nitrogens is 5. The molecule has 0 saturated heterocycles. The molecule has 4 heterocycles. The molecule has 0 bridgehead atoms. The first-order chi connectivity index (χ1) is 46.2. The predicted octanol–water partition coefficient (Wildman–Crippen LogP) is 13.5. The lowest BCUT2D eigenvalue weighted by atomic mass is 9.91. The summed E-state index contributed by atoms with van der Waals surface area (Å²) in [5.74, 6) is -2.29. The summed E-state index contributed by atoms with van der Waals surface area (Å²) in [6.07, 6.45) is 19.1. The number of urea groups is 1. The zero-order chi connectivity index (χ0) is 72.9. The summed E-state index contributed by atoms with van der Waals surface area (Å²) in [7, 11) is 3.31. The number of anilines is 1. The first-order valence-electron chi connectivity index (χ1n) is 33.2. The van der Waals surface area contributed by atoms with Crippen LogP contribution in [0.1, 0.15) is 227 Å². The van der Waals surface area contributed by atoms with Crippen LogP contribution in [0, 0.1) is 24.7 Å². The fourth-order valence-electron chi connectivity index (χ4n) is 7.70. The third-order valence-corrected chi connectivity index (χ3v) is 14.1. The highest BCUT2D eigenvalue weighted by Crippen LogP contribution is 2.23. The van der Waals surface area contributed by atoms with Crippen LogP contribution in [0.4, 0.5) is 10.7 Å². The largest absolute Gasteiger partial charge is 0.465 e. The van der Waals surface area contributed by atoms with Crippen molar-refractivity contribution in [2.75, 3.05) is 52.5 Å². The highest BCUT2D eigenvalue weighted by Gasteiger charge is 2.28. The van der Waals surface area contributed by atoms with Gasteiger partial charge in [0.25, 0.3) is 0 Å². The van der Waals surface area contributed by atoms with E-state index in [-0.39, 0.29) is 87.3 Å². The number of nitrogens with one attached hydrogen (secondary N) is 2. The molecule has 97 heavy (non-hydrogen) atoms. The van der Waals surface area contributed by atoms with Crippen LogP contribution in [-0.2, 0) is 93.1 Å². The van der Waals surface area contributed by atoms with Gasteiger partial charge < -0.3 is 43.2 Å². The Bertz CT molecular complexity index is 2880. The molecule has 0 aliphatic rings. The average Bonchev–Trinajstić information content (AvgIpc) is 2.34. The number of amides is 2. The highest BCUT2D eigenvalue weighted by molar-refractivity contribution is 5.96. The maximum atomic E-state index is 11.8. The molecule has 538 valence electrons. The van der Waals surface area contributed by atoms with Crippen molar-refractivity contribution in [1.82, 2.24) is 30.2 Å². The molecule has 4 aromatic heterocycles. The van der Waals surface area contributed by atoms with Crippen LogP contribution < -0.4 is 10.6 Å². The fraction of sp³-hybridized carbons (Fsp3) is 0.562. The molecule has 0 unspecified atom stereocenters. The summed E-state index contributed by atoms with van der Waals surface area (Å²) >= 11 is 0. The number of methoxy groups -OCH3 is 2. The number of esters is 6. The van der Waals surface area contributed by atoms with Crippen molar-refractivity contribution < 1.29 is 81.0 Å². The normalized spacial score (nSPS) is 10.5. The van der Waals surface area contributed by atoms with Crippen LogP contribution in [-0.4, -0.2) is 126 Å². The molecular formula is C73H109N7O17. The molecule has 0 atom stereocenters. The summed E-state index contributed by atoms with van der Waals surface area (Å²) < 4.78 is 40.2. The van der Waals surface area contributed by atoms with Gasteiger partial charge in [-0.15, -0.1) is 0 Å². The van der Waals surface area contributed by atoms with Crippen LogP contribution in [0.3, 0.4) is 0 Å². The standard InChI is InChI=1S/C21H25NO8.C19H38O2.C15H24N4O3.C9H13NO2.C9H9NO2/c1-3-18(23)27-12-6-10-20(25)29-14-16-8-5-9-17(22-16)15-30-21(26)11-7-13-28-19(24)4-2;1-5-7-8-9-10-11-12-13-14-15-16-17-21-18(20)19(3,4)6-2;1-6-15(4,5)12(20)22-8-7-16-14(21)19-13-17-10(2)9-11(3)18-13;1-11-6-8-4-3-5-9(10-8)7-12-2;1-6(11)8-4-3-5-9(10-8)7(2)12/h3-5,8-9H,1-2,6-7,10-15H2;5-17H2,1-4H3;9H,6-8H2,1-5H3,(H2,16,17,18,19,21);3-5H,6-7H2,1-2H3;3-5H,1-2H3. The van der Waals surface area contributed by atoms with Crippen LogP contribution in [0.25, 0.3) is 0 Å². The van der Waals surface area contributed by atoms with Crippen molar-refractivity contribution in [2.24, 2.45) is 10.8 Å². The maximum absolute atomic E-state index is 11.8. The van der Waals surface area contributed by atoms with E-state index in [1.165, 1.54) is 78.1 Å². The second-order valence-electron chi connectivity index (χ2n) is 23.5. The number of hydrogen-bond donors (Lipinski definition) is 2. The molecule has 0 spiro atoms. The lowest BCUT2D eigenvalue weighted by molar-refractivity contribution is -0.154. The Morgan fingerprint density at radius 1 is 0.464 bits per heavy atom. The smallest absolute Gasteiger partial charge is 0.330 e. The number of pyridine rings is 3. The Balaban J connectivity index is 0.00000124. The van der Waals surface area contributed by atoms with Crippen molar-refractivity contribution in [2.45, 2.75) is 212 Å². The van der Waals surface area contributed by atoms with E-state index in [1.807, 2.05) is 79.7 Å². The summed E-state index contributed by atoms with van der Waals surface area (Å²) in [6.45, 7) is 29.0. The van der Waals surface area contributed by atoms with Gasteiger partial charge >= 0.3 is 41.8 Å².